The summed E-state index contributed by atoms with van der Waals surface area (Å²) in [6.45, 7) is 4.22. The van der Waals surface area contributed by atoms with Crippen molar-refractivity contribution in [3.8, 4) is 0 Å². The molecule has 1 fully saturated rings. The molecule has 0 spiro atoms. The Labute approximate surface area is 128 Å². The van der Waals surface area contributed by atoms with Gasteiger partial charge in [-0.15, -0.1) is 11.3 Å². The van der Waals surface area contributed by atoms with E-state index in [0.29, 0.717) is 16.7 Å². The van der Waals surface area contributed by atoms with E-state index in [1.165, 1.54) is 17.8 Å². The highest BCUT2D eigenvalue weighted by Gasteiger charge is 2.23. The molecule has 0 bridgehead atoms. The fraction of sp³-hybridized carbons (Fsp3) is 0.643. The number of nitrogens with two attached hydrogens (primary N) is 1. The van der Waals surface area contributed by atoms with Crippen LogP contribution in [0.1, 0.15) is 45.2 Å². The maximum atomic E-state index is 12.0. The average molecular weight is 311 g/mol. The van der Waals surface area contributed by atoms with Crippen LogP contribution in [0.5, 0.6) is 0 Å². The Morgan fingerprint density at radius 1 is 1.57 bits per heavy atom. The van der Waals surface area contributed by atoms with Crippen molar-refractivity contribution >= 4 is 28.1 Å². The molecule has 1 saturated carbocycles. The molecule has 1 heterocycles. The van der Waals surface area contributed by atoms with E-state index in [0.717, 1.165) is 19.3 Å². The number of ether oxygens (including phenoxy) is 1. The van der Waals surface area contributed by atoms with Gasteiger partial charge in [0.25, 0.3) is 0 Å². The summed E-state index contributed by atoms with van der Waals surface area (Å²) in [5, 5.41) is 6.08. The lowest BCUT2D eigenvalue weighted by Crippen LogP contribution is -2.23. The lowest BCUT2D eigenvalue weighted by atomic mass is 9.89. The summed E-state index contributed by atoms with van der Waals surface area (Å²) >= 11 is 1.25. The zero-order valence-corrected chi connectivity index (χ0v) is 13.2. The molecule has 0 aliphatic heterocycles. The highest BCUT2D eigenvalue weighted by atomic mass is 32.1. The van der Waals surface area contributed by atoms with Gasteiger partial charge in [-0.2, -0.15) is 0 Å². The lowest BCUT2D eigenvalue weighted by molar-refractivity contribution is -0.135. The first-order chi connectivity index (χ1) is 10.1. The van der Waals surface area contributed by atoms with Gasteiger partial charge in [-0.3, -0.25) is 0 Å². The number of esters is 1. The predicted octanol–water partition coefficient (Wildman–Crippen LogP) is 2.59. The van der Waals surface area contributed by atoms with Crippen LogP contribution in [0.2, 0.25) is 0 Å². The number of anilines is 1. The van der Waals surface area contributed by atoms with Gasteiger partial charge in [-0.05, 0) is 32.1 Å². The molecular formula is C14H21N3O3S. The van der Waals surface area contributed by atoms with E-state index in [-0.39, 0.29) is 18.4 Å². The Hall–Kier alpha value is -1.63. The van der Waals surface area contributed by atoms with Crippen LogP contribution < -0.4 is 5.73 Å². The van der Waals surface area contributed by atoms with Crippen molar-refractivity contribution in [1.82, 2.24) is 4.98 Å². The number of carbonyl (C=O) groups is 1. The SMILES string of the molecule is CCOC(=O)/C(=N\O[C@@H]1CCC[C@@H](C)C1)c1csc(N)n1. The minimum absolute atomic E-state index is 0.0501. The van der Waals surface area contributed by atoms with Gasteiger partial charge in [0.1, 0.15) is 11.8 Å². The molecule has 2 rings (SSSR count). The maximum absolute atomic E-state index is 12.0. The summed E-state index contributed by atoms with van der Waals surface area (Å²) < 4.78 is 5.00. The number of carbonyl (C=O) groups excluding carboxylic acids is 1. The van der Waals surface area contributed by atoms with Crippen LogP contribution in [0, 0.1) is 5.92 Å². The van der Waals surface area contributed by atoms with E-state index < -0.39 is 5.97 Å². The van der Waals surface area contributed by atoms with Crippen LogP contribution in [0.3, 0.4) is 0 Å². The van der Waals surface area contributed by atoms with E-state index in [9.17, 15) is 4.79 Å². The van der Waals surface area contributed by atoms with Gasteiger partial charge in [0.05, 0.1) is 6.61 Å². The van der Waals surface area contributed by atoms with Crippen LogP contribution in [0.25, 0.3) is 0 Å². The Morgan fingerprint density at radius 2 is 2.38 bits per heavy atom. The third kappa shape index (κ3) is 4.42. The molecule has 1 aromatic rings. The second kappa shape index (κ2) is 7.40. The Morgan fingerprint density at radius 3 is 3.00 bits per heavy atom. The zero-order valence-electron chi connectivity index (χ0n) is 12.4. The summed E-state index contributed by atoms with van der Waals surface area (Å²) in [7, 11) is 0. The molecule has 21 heavy (non-hydrogen) atoms. The second-order valence-corrected chi connectivity index (χ2v) is 6.12. The molecule has 2 N–H and O–H groups in total. The molecular weight excluding hydrogens is 290 g/mol. The lowest BCUT2D eigenvalue weighted by Gasteiger charge is -2.24. The van der Waals surface area contributed by atoms with Crippen molar-refractivity contribution in [2.24, 2.45) is 11.1 Å². The number of rotatable bonds is 5. The number of hydrogen-bond acceptors (Lipinski definition) is 7. The molecule has 0 unspecified atom stereocenters. The first-order valence-corrected chi connectivity index (χ1v) is 8.10. The van der Waals surface area contributed by atoms with Crippen LogP contribution in [0.15, 0.2) is 10.5 Å². The van der Waals surface area contributed by atoms with Crippen molar-refractivity contribution in [2.75, 3.05) is 12.3 Å². The van der Waals surface area contributed by atoms with Crippen LogP contribution in [0.4, 0.5) is 5.13 Å². The van der Waals surface area contributed by atoms with Crippen molar-refractivity contribution in [3.05, 3.63) is 11.1 Å². The fourth-order valence-corrected chi connectivity index (χ4v) is 2.93. The maximum Gasteiger partial charge on any atom is 0.362 e. The van der Waals surface area contributed by atoms with E-state index in [1.54, 1.807) is 12.3 Å². The van der Waals surface area contributed by atoms with Crippen molar-refractivity contribution in [2.45, 2.75) is 45.6 Å². The highest BCUT2D eigenvalue weighted by molar-refractivity contribution is 7.13. The first-order valence-electron chi connectivity index (χ1n) is 7.22. The molecule has 0 radical (unpaired) electrons. The molecule has 0 saturated heterocycles. The highest BCUT2D eigenvalue weighted by Crippen LogP contribution is 2.26. The number of aromatic nitrogens is 1. The molecule has 1 aromatic heterocycles. The topological polar surface area (TPSA) is 86.8 Å². The number of nitrogens with zero attached hydrogens (tertiary/aromatic N) is 2. The fourth-order valence-electron chi connectivity index (χ4n) is 2.39. The Balaban J connectivity index is 2.10. The average Bonchev–Trinajstić information content (AvgIpc) is 2.86. The number of nitrogen functional groups attached to an aromatic ring is 1. The largest absolute Gasteiger partial charge is 0.461 e. The van der Waals surface area contributed by atoms with Gasteiger partial charge in [-0.25, -0.2) is 9.78 Å². The van der Waals surface area contributed by atoms with E-state index in [1.807, 2.05) is 0 Å². The second-order valence-electron chi connectivity index (χ2n) is 5.23. The van der Waals surface area contributed by atoms with Crippen molar-refractivity contribution in [1.29, 1.82) is 0 Å². The molecule has 7 heteroatoms. The quantitative estimate of drug-likeness (QED) is 0.513. The minimum atomic E-state index is -0.536. The normalized spacial score (nSPS) is 22.9. The zero-order chi connectivity index (χ0) is 15.2. The van der Waals surface area contributed by atoms with Crippen LogP contribution in [-0.4, -0.2) is 29.4 Å². The summed E-state index contributed by atoms with van der Waals surface area (Å²) in [4.78, 5) is 21.6. The third-order valence-electron chi connectivity index (χ3n) is 3.41. The summed E-state index contributed by atoms with van der Waals surface area (Å²) in [5.41, 5.74) is 6.10. The summed E-state index contributed by atoms with van der Waals surface area (Å²) in [5.74, 6) is 0.0894. The molecule has 6 nitrogen and oxygen atoms in total. The van der Waals surface area contributed by atoms with Gasteiger partial charge < -0.3 is 15.3 Å². The van der Waals surface area contributed by atoms with Gasteiger partial charge in [0, 0.05) is 5.38 Å². The van der Waals surface area contributed by atoms with Gasteiger partial charge >= 0.3 is 5.97 Å². The Bertz CT molecular complexity index is 515. The van der Waals surface area contributed by atoms with Gasteiger partial charge in [-0.1, -0.05) is 18.5 Å². The van der Waals surface area contributed by atoms with E-state index in [2.05, 4.69) is 17.1 Å². The number of thiazole rings is 1. The number of hydrogen-bond donors (Lipinski definition) is 1. The Kier molecular flexibility index (Phi) is 5.55. The van der Waals surface area contributed by atoms with E-state index >= 15 is 0 Å². The minimum Gasteiger partial charge on any atom is -0.461 e. The van der Waals surface area contributed by atoms with E-state index in [4.69, 9.17) is 15.3 Å². The predicted molar refractivity (Wildman–Crippen MR) is 82.2 cm³/mol. The third-order valence-corrected chi connectivity index (χ3v) is 4.09. The van der Waals surface area contributed by atoms with Gasteiger partial charge in [0.2, 0.25) is 5.71 Å². The number of oxime groups is 1. The first kappa shape index (κ1) is 15.8. The summed E-state index contributed by atoms with van der Waals surface area (Å²) in [6.07, 6.45) is 4.31. The smallest absolute Gasteiger partial charge is 0.362 e. The molecule has 116 valence electrons. The van der Waals surface area contributed by atoms with Crippen molar-refractivity contribution < 1.29 is 14.4 Å². The van der Waals surface area contributed by atoms with Gasteiger partial charge in [0.15, 0.2) is 5.13 Å². The van der Waals surface area contributed by atoms with Crippen LogP contribution >= 0.6 is 11.3 Å². The molecule has 1 aliphatic carbocycles. The molecule has 0 amide bonds. The standard InChI is InChI=1S/C14H21N3O3S/c1-3-19-13(18)12(11-8-21-14(15)16-11)17-20-10-6-4-5-9(2)7-10/h8-10H,3-7H2,1-2H3,(H2,15,16)/b17-12-/t9-,10-/m1/s1. The molecule has 2 atom stereocenters. The monoisotopic (exact) mass is 311 g/mol. The molecule has 1 aliphatic rings. The summed E-state index contributed by atoms with van der Waals surface area (Å²) in [6, 6.07) is 0. The van der Waals surface area contributed by atoms with Crippen molar-refractivity contribution in [3.63, 3.8) is 0 Å². The molecule has 0 aromatic carbocycles. The van der Waals surface area contributed by atoms with Crippen LogP contribution in [-0.2, 0) is 14.4 Å².